The second kappa shape index (κ2) is 16.7. The third-order valence-electron chi connectivity index (χ3n) is 11.0. The van der Waals surface area contributed by atoms with Gasteiger partial charge in [-0.15, -0.1) is 0 Å². The fraction of sp³-hybridized carbons (Fsp3) is 0.341. The summed E-state index contributed by atoms with van der Waals surface area (Å²) in [5.41, 5.74) is 6.38. The van der Waals surface area contributed by atoms with Gasteiger partial charge in [0.05, 0.1) is 39.0 Å². The highest BCUT2D eigenvalue weighted by molar-refractivity contribution is 6.31. The van der Waals surface area contributed by atoms with Crippen molar-refractivity contribution < 1.29 is 19.4 Å². The molecule has 2 atom stereocenters. The van der Waals surface area contributed by atoms with E-state index in [1.54, 1.807) is 60.6 Å². The van der Waals surface area contributed by atoms with E-state index in [2.05, 4.69) is 15.3 Å². The van der Waals surface area contributed by atoms with Gasteiger partial charge in [0.1, 0.15) is 0 Å². The molecule has 2 unspecified atom stereocenters. The van der Waals surface area contributed by atoms with Gasteiger partial charge in [0.25, 0.3) is 11.4 Å². The van der Waals surface area contributed by atoms with E-state index in [0.29, 0.717) is 46.8 Å². The van der Waals surface area contributed by atoms with Crippen LogP contribution in [0.1, 0.15) is 89.2 Å². The van der Waals surface area contributed by atoms with Crippen molar-refractivity contribution in [2.75, 3.05) is 32.8 Å². The van der Waals surface area contributed by atoms with Gasteiger partial charge in [0.2, 0.25) is 0 Å². The van der Waals surface area contributed by atoms with Crippen molar-refractivity contribution in [2.24, 2.45) is 11.8 Å². The highest BCUT2D eigenvalue weighted by Crippen LogP contribution is 2.46. The summed E-state index contributed by atoms with van der Waals surface area (Å²) in [5, 5.41) is 28.0. The van der Waals surface area contributed by atoms with Crippen LogP contribution in [-0.2, 0) is 4.74 Å². The number of nitro groups is 2. The molecule has 0 bridgehead atoms. The van der Waals surface area contributed by atoms with Gasteiger partial charge in [-0.1, -0.05) is 47.5 Å². The van der Waals surface area contributed by atoms with Crippen LogP contribution >= 0.6 is 23.2 Å². The lowest BCUT2D eigenvalue weighted by atomic mass is 9.76. The molecule has 1 N–H and O–H groups in total. The van der Waals surface area contributed by atoms with Crippen LogP contribution in [-0.4, -0.2) is 63.6 Å². The van der Waals surface area contributed by atoms with Crippen LogP contribution in [0.15, 0.2) is 73.1 Å². The molecule has 12 nitrogen and oxygen atoms in total. The maximum atomic E-state index is 12.1. The van der Waals surface area contributed by atoms with Crippen molar-refractivity contribution in [1.29, 1.82) is 0 Å². The van der Waals surface area contributed by atoms with Crippen LogP contribution in [0, 0.1) is 32.1 Å². The third-order valence-corrected chi connectivity index (χ3v) is 11.4. The Morgan fingerprint density at radius 2 is 1.25 bits per heavy atom. The van der Waals surface area contributed by atoms with E-state index in [0.717, 1.165) is 72.4 Å². The first-order valence-corrected chi connectivity index (χ1v) is 19.2. The molecular weight excluding hydrogens is 743 g/mol. The fourth-order valence-electron chi connectivity index (χ4n) is 8.48. The number of pyridine rings is 2. The number of nitrogens with one attached hydrogen (secondary N) is 1. The Kier molecular flexibility index (Phi) is 11.6. The van der Waals surface area contributed by atoms with Gasteiger partial charge in [0.15, 0.2) is 0 Å². The number of hydrogen-bond donors (Lipinski definition) is 1. The standard InChI is InChI=1S/C22H22ClN3O4.C19H18ClN3O2/c1-2-30-22(27)25-10-7-14(8-11-25)20-17-6-5-16(23)13-18(17)19(26(28)29)12-15-4-3-9-24-21(15)20;20-14-3-4-15-16(11-14)17(23(24)25)10-13-2-1-7-22-19(13)18(15)12-5-8-21-9-6-12/h3-6,9,12-14,20H,2,7-8,10-11H2,1H3;1-4,7,10-12,18,21H,5-6,8-9H2. The summed E-state index contributed by atoms with van der Waals surface area (Å²) in [5.74, 6) is 0.504. The van der Waals surface area contributed by atoms with Crippen molar-refractivity contribution in [1.82, 2.24) is 20.2 Å². The summed E-state index contributed by atoms with van der Waals surface area (Å²) in [6, 6.07) is 18.2. The molecule has 1 amide bonds. The summed E-state index contributed by atoms with van der Waals surface area (Å²) >= 11 is 12.4. The number of aromatic nitrogens is 2. The second-order valence-electron chi connectivity index (χ2n) is 14.1. The lowest BCUT2D eigenvalue weighted by molar-refractivity contribution is -0.374. The molecule has 4 aromatic rings. The molecule has 2 aromatic heterocycles. The number of fused-ring (bicyclic) bond motifs is 4. The largest absolute Gasteiger partial charge is 0.450 e. The number of ether oxygens (including phenoxy) is 1. The number of amides is 1. The number of rotatable bonds is 5. The van der Waals surface area contributed by atoms with Gasteiger partial charge in [-0.2, -0.15) is 0 Å². The molecule has 8 rings (SSSR count). The van der Waals surface area contributed by atoms with Crippen molar-refractivity contribution in [3.05, 3.63) is 148 Å². The zero-order valence-electron chi connectivity index (χ0n) is 30.2. The van der Waals surface area contributed by atoms with E-state index < -0.39 is 0 Å². The van der Waals surface area contributed by atoms with Crippen molar-refractivity contribution in [3.8, 4) is 0 Å². The Balaban J connectivity index is 0.000000172. The minimum absolute atomic E-state index is 0.0215. The number of benzene rings is 2. The Morgan fingerprint density at radius 3 is 1.71 bits per heavy atom. The number of carbonyl (C=O) groups excluding carboxylic acids is 1. The maximum absolute atomic E-state index is 12.1. The van der Waals surface area contributed by atoms with Crippen LogP contribution < -0.4 is 5.32 Å². The second-order valence-corrected chi connectivity index (χ2v) is 14.9. The molecule has 14 heteroatoms. The van der Waals surface area contributed by atoms with Gasteiger partial charge in [-0.05, 0) is 105 Å². The minimum Gasteiger partial charge on any atom is -0.450 e. The van der Waals surface area contributed by atoms with Gasteiger partial charge in [-0.25, -0.2) is 4.79 Å². The molecule has 0 radical (unpaired) electrons. The minimum atomic E-state index is -0.363. The molecule has 0 spiro atoms. The molecule has 4 aliphatic rings. The summed E-state index contributed by atoms with van der Waals surface area (Å²) in [7, 11) is 0. The Morgan fingerprint density at radius 1 is 0.782 bits per heavy atom. The molecule has 2 aromatic carbocycles. The Labute approximate surface area is 328 Å². The predicted octanol–water partition coefficient (Wildman–Crippen LogP) is 8.78. The fourth-order valence-corrected chi connectivity index (χ4v) is 8.82. The molecule has 284 valence electrons. The lowest BCUT2D eigenvalue weighted by Crippen LogP contribution is -2.40. The average Bonchev–Trinajstić information content (AvgIpc) is 3.43. The van der Waals surface area contributed by atoms with Crippen LogP contribution in [0.2, 0.25) is 10.0 Å². The van der Waals surface area contributed by atoms with Crippen molar-refractivity contribution >= 4 is 52.8 Å². The van der Waals surface area contributed by atoms with Crippen LogP contribution in [0.4, 0.5) is 4.79 Å². The van der Waals surface area contributed by atoms with Crippen molar-refractivity contribution in [3.63, 3.8) is 0 Å². The first-order chi connectivity index (χ1) is 26.6. The molecule has 0 saturated carbocycles. The Bertz CT molecular complexity index is 2180. The monoisotopic (exact) mass is 782 g/mol. The predicted molar refractivity (Wildman–Crippen MR) is 212 cm³/mol. The Hall–Kier alpha value is -5.17. The molecule has 4 heterocycles. The summed E-state index contributed by atoms with van der Waals surface area (Å²) < 4.78 is 5.12. The maximum Gasteiger partial charge on any atom is 0.409 e. The first kappa shape index (κ1) is 38.1. The molecule has 2 aliphatic carbocycles. The van der Waals surface area contributed by atoms with E-state index >= 15 is 0 Å². The summed E-state index contributed by atoms with van der Waals surface area (Å²) in [6.07, 6.45) is 10.00. The molecule has 2 saturated heterocycles. The number of carbonyl (C=O) groups is 1. The first-order valence-electron chi connectivity index (χ1n) is 18.5. The molecule has 2 fully saturated rings. The number of nitrogens with zero attached hydrogens (tertiary/aromatic N) is 5. The van der Waals surface area contributed by atoms with E-state index in [1.165, 1.54) is 0 Å². The quantitative estimate of drug-likeness (QED) is 0.155. The molecular formula is C41H40Cl2N6O6. The highest BCUT2D eigenvalue weighted by atomic mass is 35.5. The number of hydrogen-bond acceptors (Lipinski definition) is 9. The highest BCUT2D eigenvalue weighted by Gasteiger charge is 2.38. The van der Waals surface area contributed by atoms with Gasteiger partial charge < -0.3 is 15.0 Å². The van der Waals surface area contributed by atoms with E-state index in [9.17, 15) is 25.0 Å². The summed E-state index contributed by atoms with van der Waals surface area (Å²) in [6.45, 7) is 5.23. The van der Waals surface area contributed by atoms with Crippen LogP contribution in [0.3, 0.4) is 0 Å². The SMILES string of the molecule is CCOC(=O)N1CCC(C2c3ccc(Cl)cc3C([N+](=O)[O-])=Cc3cccnc32)CC1.O=[N+]([O-])C1=Cc2cccnc2C(C2CCNCC2)c2ccc(Cl)cc21. The number of piperidine rings is 2. The van der Waals surface area contributed by atoms with Gasteiger partial charge in [0, 0.05) is 70.6 Å². The third kappa shape index (κ3) is 7.98. The average molecular weight is 784 g/mol. The number of halogens is 2. The number of likely N-dealkylation sites (tertiary alicyclic amines) is 1. The van der Waals surface area contributed by atoms with Crippen LogP contribution in [0.5, 0.6) is 0 Å². The topological polar surface area (TPSA) is 154 Å². The summed E-state index contributed by atoms with van der Waals surface area (Å²) in [4.78, 5) is 46.0. The van der Waals surface area contributed by atoms with Gasteiger partial charge >= 0.3 is 6.09 Å². The normalized spacial score (nSPS) is 19.4. The smallest absolute Gasteiger partial charge is 0.409 e. The van der Waals surface area contributed by atoms with E-state index in [4.69, 9.17) is 27.9 Å². The zero-order valence-corrected chi connectivity index (χ0v) is 31.7. The van der Waals surface area contributed by atoms with Crippen LogP contribution in [0.25, 0.3) is 23.5 Å². The lowest BCUT2D eigenvalue weighted by Gasteiger charge is -2.36. The van der Waals surface area contributed by atoms with Crippen molar-refractivity contribution in [2.45, 2.75) is 44.4 Å². The van der Waals surface area contributed by atoms with Gasteiger partial charge in [-0.3, -0.25) is 30.2 Å². The molecule has 2 aliphatic heterocycles. The van der Waals surface area contributed by atoms with E-state index in [-0.39, 0.29) is 45.1 Å². The van der Waals surface area contributed by atoms with E-state index in [1.807, 2.05) is 36.4 Å². The molecule has 55 heavy (non-hydrogen) atoms. The zero-order chi connectivity index (χ0) is 38.6.